The molecule has 1 aliphatic heterocycles. The summed E-state index contributed by atoms with van der Waals surface area (Å²) in [5.74, 6) is -0.340. The fourth-order valence-corrected chi connectivity index (χ4v) is 2.02. The highest BCUT2D eigenvalue weighted by Gasteiger charge is 2.15. The van der Waals surface area contributed by atoms with E-state index in [2.05, 4.69) is 0 Å². The molecule has 2 rings (SSSR count). The first kappa shape index (κ1) is 13.4. The lowest BCUT2D eigenvalue weighted by atomic mass is 10.1. The zero-order valence-corrected chi connectivity index (χ0v) is 10.8. The Morgan fingerprint density at radius 3 is 3.00 bits per heavy atom. The molecule has 5 heteroatoms. The molecule has 1 aliphatic rings. The van der Waals surface area contributed by atoms with Gasteiger partial charge in [-0.25, -0.2) is 4.39 Å². The predicted octanol–water partition coefficient (Wildman–Crippen LogP) is 2.16. The Kier molecular flexibility index (Phi) is 4.63. The molecule has 18 heavy (non-hydrogen) atoms. The smallest absolute Gasteiger partial charge is 0.129 e. The van der Waals surface area contributed by atoms with Gasteiger partial charge >= 0.3 is 0 Å². The van der Waals surface area contributed by atoms with Gasteiger partial charge in [-0.05, 0) is 18.9 Å². The van der Waals surface area contributed by atoms with E-state index in [4.69, 9.17) is 27.4 Å². The van der Waals surface area contributed by atoms with Gasteiger partial charge in [-0.1, -0.05) is 24.4 Å². The molecular formula is C13H16FNO2S. The fourth-order valence-electron chi connectivity index (χ4n) is 1.89. The van der Waals surface area contributed by atoms with Gasteiger partial charge in [0.15, 0.2) is 0 Å². The van der Waals surface area contributed by atoms with E-state index in [1.807, 2.05) is 0 Å². The number of benzene rings is 1. The standard InChI is InChI=1S/C13H16FNO2S/c14-12-6-9(13(15)18)3-4-10(12)7-16-8-11-2-1-5-17-11/h3-4,6,11H,1-2,5,7-8H2,(H2,15,18). The Labute approximate surface area is 111 Å². The van der Waals surface area contributed by atoms with Crippen molar-refractivity contribution in [3.63, 3.8) is 0 Å². The highest BCUT2D eigenvalue weighted by Crippen LogP contribution is 2.15. The monoisotopic (exact) mass is 269 g/mol. The summed E-state index contributed by atoms with van der Waals surface area (Å²) in [6.07, 6.45) is 2.25. The lowest BCUT2D eigenvalue weighted by Gasteiger charge is -2.11. The van der Waals surface area contributed by atoms with Crippen molar-refractivity contribution in [1.29, 1.82) is 0 Å². The maximum absolute atomic E-state index is 13.7. The van der Waals surface area contributed by atoms with Gasteiger partial charge in [-0.15, -0.1) is 0 Å². The van der Waals surface area contributed by atoms with Crippen LogP contribution < -0.4 is 5.73 Å². The van der Waals surface area contributed by atoms with E-state index in [-0.39, 0.29) is 23.5 Å². The maximum Gasteiger partial charge on any atom is 0.129 e. The van der Waals surface area contributed by atoms with Crippen LogP contribution in [0.2, 0.25) is 0 Å². The van der Waals surface area contributed by atoms with Gasteiger partial charge < -0.3 is 15.2 Å². The summed E-state index contributed by atoms with van der Waals surface area (Å²) in [5, 5.41) is 0. The molecule has 0 spiro atoms. The first-order chi connectivity index (χ1) is 8.66. The van der Waals surface area contributed by atoms with Crippen LogP contribution in [0.15, 0.2) is 18.2 Å². The minimum Gasteiger partial charge on any atom is -0.389 e. The van der Waals surface area contributed by atoms with Gasteiger partial charge in [-0.3, -0.25) is 0 Å². The Bertz CT molecular complexity index is 433. The summed E-state index contributed by atoms with van der Waals surface area (Å²) in [5.41, 5.74) is 6.47. The second kappa shape index (κ2) is 6.22. The van der Waals surface area contributed by atoms with Gasteiger partial charge in [0.25, 0.3) is 0 Å². The summed E-state index contributed by atoms with van der Waals surface area (Å²) < 4.78 is 24.6. The molecule has 0 amide bonds. The van der Waals surface area contributed by atoms with Crippen LogP contribution in [0.1, 0.15) is 24.0 Å². The molecule has 0 radical (unpaired) electrons. The molecule has 1 atom stereocenters. The van der Waals surface area contributed by atoms with Gasteiger partial charge in [0.1, 0.15) is 10.8 Å². The minimum absolute atomic E-state index is 0.156. The predicted molar refractivity (Wildman–Crippen MR) is 70.9 cm³/mol. The molecule has 1 saturated heterocycles. The van der Waals surface area contributed by atoms with Gasteiger partial charge in [0.2, 0.25) is 0 Å². The van der Waals surface area contributed by atoms with E-state index in [1.165, 1.54) is 6.07 Å². The van der Waals surface area contributed by atoms with Crippen LogP contribution >= 0.6 is 12.2 Å². The summed E-state index contributed by atoms with van der Waals surface area (Å²) in [6.45, 7) is 1.55. The Hall–Kier alpha value is -1.04. The lowest BCUT2D eigenvalue weighted by Crippen LogP contribution is -2.14. The molecule has 2 N–H and O–H groups in total. The number of ether oxygens (including phenoxy) is 2. The fraction of sp³-hybridized carbons (Fsp3) is 0.462. The summed E-state index contributed by atoms with van der Waals surface area (Å²) in [6, 6.07) is 4.70. The van der Waals surface area contributed by atoms with Gasteiger partial charge in [0, 0.05) is 17.7 Å². The van der Waals surface area contributed by atoms with Crippen molar-refractivity contribution in [2.45, 2.75) is 25.6 Å². The van der Waals surface area contributed by atoms with Gasteiger partial charge in [0.05, 0.1) is 19.3 Å². The van der Waals surface area contributed by atoms with Crippen LogP contribution in [-0.4, -0.2) is 24.3 Å². The average molecular weight is 269 g/mol. The van der Waals surface area contributed by atoms with Crippen LogP contribution in [0.4, 0.5) is 4.39 Å². The van der Waals surface area contributed by atoms with E-state index in [0.29, 0.717) is 17.7 Å². The van der Waals surface area contributed by atoms with Crippen LogP contribution in [-0.2, 0) is 16.1 Å². The topological polar surface area (TPSA) is 44.5 Å². The maximum atomic E-state index is 13.7. The molecule has 98 valence electrons. The van der Waals surface area contributed by atoms with Crippen LogP contribution in [0.25, 0.3) is 0 Å². The Morgan fingerprint density at radius 1 is 1.56 bits per heavy atom. The molecule has 1 unspecified atom stereocenters. The number of hydrogen-bond acceptors (Lipinski definition) is 3. The third kappa shape index (κ3) is 3.48. The Morgan fingerprint density at radius 2 is 2.39 bits per heavy atom. The summed E-state index contributed by atoms with van der Waals surface area (Å²) in [4.78, 5) is 0.195. The van der Waals surface area contributed by atoms with Crippen molar-refractivity contribution in [2.75, 3.05) is 13.2 Å². The molecular weight excluding hydrogens is 253 g/mol. The van der Waals surface area contributed by atoms with Crippen molar-refractivity contribution >= 4 is 17.2 Å². The summed E-state index contributed by atoms with van der Waals surface area (Å²) in [7, 11) is 0. The minimum atomic E-state index is -0.340. The highest BCUT2D eigenvalue weighted by atomic mass is 32.1. The third-order valence-corrected chi connectivity index (χ3v) is 3.16. The molecule has 0 saturated carbocycles. The number of thiocarbonyl (C=S) groups is 1. The largest absolute Gasteiger partial charge is 0.389 e. The Balaban J connectivity index is 1.87. The molecule has 0 aliphatic carbocycles. The zero-order chi connectivity index (χ0) is 13.0. The second-order valence-electron chi connectivity index (χ2n) is 4.32. The molecule has 3 nitrogen and oxygen atoms in total. The molecule has 1 heterocycles. The first-order valence-corrected chi connectivity index (χ1v) is 6.35. The number of nitrogens with two attached hydrogens (primary N) is 1. The average Bonchev–Trinajstić information content (AvgIpc) is 2.84. The summed E-state index contributed by atoms with van der Waals surface area (Å²) >= 11 is 4.79. The van der Waals surface area contributed by atoms with E-state index < -0.39 is 0 Å². The van der Waals surface area contributed by atoms with E-state index >= 15 is 0 Å². The molecule has 1 aromatic carbocycles. The SMILES string of the molecule is NC(=S)c1ccc(COCC2CCCO2)c(F)c1. The first-order valence-electron chi connectivity index (χ1n) is 5.94. The zero-order valence-electron chi connectivity index (χ0n) is 10.0. The number of rotatable bonds is 5. The van der Waals surface area contributed by atoms with E-state index in [9.17, 15) is 4.39 Å². The van der Waals surface area contributed by atoms with E-state index in [0.717, 1.165) is 19.4 Å². The second-order valence-corrected chi connectivity index (χ2v) is 4.76. The lowest BCUT2D eigenvalue weighted by molar-refractivity contribution is 0.00982. The van der Waals surface area contributed by atoms with Gasteiger partial charge in [-0.2, -0.15) is 0 Å². The van der Waals surface area contributed by atoms with Crippen LogP contribution in [0.3, 0.4) is 0 Å². The molecule has 0 bridgehead atoms. The van der Waals surface area contributed by atoms with Crippen molar-refractivity contribution < 1.29 is 13.9 Å². The van der Waals surface area contributed by atoms with Crippen molar-refractivity contribution in [1.82, 2.24) is 0 Å². The molecule has 0 aromatic heterocycles. The quantitative estimate of drug-likeness (QED) is 0.832. The number of halogens is 1. The van der Waals surface area contributed by atoms with Crippen molar-refractivity contribution in [3.05, 3.63) is 35.1 Å². The molecule has 1 aromatic rings. The highest BCUT2D eigenvalue weighted by molar-refractivity contribution is 7.80. The van der Waals surface area contributed by atoms with Crippen molar-refractivity contribution in [3.8, 4) is 0 Å². The van der Waals surface area contributed by atoms with Crippen LogP contribution in [0, 0.1) is 5.82 Å². The normalized spacial score (nSPS) is 19.1. The van der Waals surface area contributed by atoms with Crippen molar-refractivity contribution in [2.24, 2.45) is 5.73 Å². The molecule has 1 fully saturated rings. The number of hydrogen-bond donors (Lipinski definition) is 1. The van der Waals surface area contributed by atoms with E-state index in [1.54, 1.807) is 12.1 Å². The third-order valence-electron chi connectivity index (χ3n) is 2.92. The van der Waals surface area contributed by atoms with Crippen LogP contribution in [0.5, 0.6) is 0 Å².